The molecule has 0 spiro atoms. The van der Waals surface area contributed by atoms with Gasteiger partial charge in [-0.25, -0.2) is 0 Å². The average molecular weight is 442 g/mol. The zero-order valence-electron chi connectivity index (χ0n) is 15.5. The maximum atomic E-state index is 12.5. The fourth-order valence-corrected chi connectivity index (χ4v) is 3.78. The standard InChI is InChI=1S/C21H16ClN3O4S/c22-15-6-3-13(4-7-15)20-23-24-21(25(20)11-16-2-1-9-29-16)30-12-19(28)14-5-8-17(26)18(27)10-14/h1-10,26-27H,11-12H2. The zero-order chi connectivity index (χ0) is 21.1. The van der Waals surface area contributed by atoms with Crippen molar-refractivity contribution in [3.63, 3.8) is 0 Å². The van der Waals surface area contributed by atoms with E-state index in [1.165, 1.54) is 30.0 Å². The minimum absolute atomic E-state index is 0.0844. The predicted molar refractivity (Wildman–Crippen MR) is 113 cm³/mol. The van der Waals surface area contributed by atoms with Crippen LogP contribution in [0.15, 0.2) is 70.4 Å². The Balaban J connectivity index is 1.59. The van der Waals surface area contributed by atoms with Crippen molar-refractivity contribution in [2.75, 3.05) is 5.75 Å². The number of aromatic nitrogens is 3. The number of hydrogen-bond donors (Lipinski definition) is 2. The van der Waals surface area contributed by atoms with E-state index in [-0.39, 0.29) is 23.0 Å². The van der Waals surface area contributed by atoms with E-state index in [0.717, 1.165) is 11.3 Å². The summed E-state index contributed by atoms with van der Waals surface area (Å²) in [5.41, 5.74) is 1.13. The number of ketones is 1. The minimum atomic E-state index is -0.336. The Hall–Kier alpha value is -3.23. The third-order valence-electron chi connectivity index (χ3n) is 4.34. The fraction of sp³-hybridized carbons (Fsp3) is 0.0952. The minimum Gasteiger partial charge on any atom is -0.504 e. The van der Waals surface area contributed by atoms with Gasteiger partial charge >= 0.3 is 0 Å². The lowest BCUT2D eigenvalue weighted by atomic mass is 10.1. The molecular weight excluding hydrogens is 426 g/mol. The fourth-order valence-electron chi connectivity index (χ4n) is 2.82. The number of halogens is 1. The Morgan fingerprint density at radius 2 is 1.87 bits per heavy atom. The van der Waals surface area contributed by atoms with E-state index < -0.39 is 0 Å². The van der Waals surface area contributed by atoms with Gasteiger partial charge in [0, 0.05) is 16.1 Å². The monoisotopic (exact) mass is 441 g/mol. The molecule has 2 heterocycles. The van der Waals surface area contributed by atoms with Crippen LogP contribution in [0.2, 0.25) is 5.02 Å². The van der Waals surface area contributed by atoms with Gasteiger partial charge in [0.15, 0.2) is 28.3 Å². The maximum Gasteiger partial charge on any atom is 0.192 e. The van der Waals surface area contributed by atoms with Crippen molar-refractivity contribution < 1.29 is 19.4 Å². The normalized spacial score (nSPS) is 11.0. The first kappa shape index (κ1) is 20.1. The van der Waals surface area contributed by atoms with Gasteiger partial charge in [0.25, 0.3) is 0 Å². The number of carbonyl (C=O) groups excluding carboxylic acids is 1. The Morgan fingerprint density at radius 3 is 2.57 bits per heavy atom. The summed E-state index contributed by atoms with van der Waals surface area (Å²) in [6.07, 6.45) is 1.59. The molecule has 0 saturated heterocycles. The summed E-state index contributed by atoms with van der Waals surface area (Å²) in [5, 5.41) is 28.7. The van der Waals surface area contributed by atoms with Crippen LogP contribution in [0.4, 0.5) is 0 Å². The summed E-state index contributed by atoms with van der Waals surface area (Å²) in [6.45, 7) is 0.397. The van der Waals surface area contributed by atoms with Crippen LogP contribution in [-0.4, -0.2) is 36.5 Å². The largest absolute Gasteiger partial charge is 0.504 e. The molecule has 0 aliphatic heterocycles. The molecule has 152 valence electrons. The predicted octanol–water partition coefficient (Wildman–Crippen LogP) is 4.63. The van der Waals surface area contributed by atoms with Crippen molar-refractivity contribution >= 4 is 29.1 Å². The van der Waals surface area contributed by atoms with Crippen molar-refractivity contribution in [2.45, 2.75) is 11.7 Å². The Labute approximate surface area is 180 Å². The van der Waals surface area contributed by atoms with Crippen LogP contribution in [0, 0.1) is 0 Å². The van der Waals surface area contributed by atoms with E-state index in [1.807, 2.05) is 22.8 Å². The highest BCUT2D eigenvalue weighted by atomic mass is 35.5. The van der Waals surface area contributed by atoms with E-state index in [9.17, 15) is 15.0 Å². The molecule has 9 heteroatoms. The molecule has 4 rings (SSSR count). The van der Waals surface area contributed by atoms with Crippen LogP contribution >= 0.6 is 23.4 Å². The number of phenols is 2. The quantitative estimate of drug-likeness (QED) is 0.245. The summed E-state index contributed by atoms with van der Waals surface area (Å²) < 4.78 is 7.34. The van der Waals surface area contributed by atoms with Crippen LogP contribution in [0.5, 0.6) is 11.5 Å². The highest BCUT2D eigenvalue weighted by Crippen LogP contribution is 2.28. The number of aromatic hydroxyl groups is 2. The van der Waals surface area contributed by atoms with Crippen LogP contribution in [0.25, 0.3) is 11.4 Å². The number of furan rings is 1. The average Bonchev–Trinajstić information content (AvgIpc) is 3.39. The van der Waals surface area contributed by atoms with Gasteiger partial charge < -0.3 is 14.6 Å². The molecule has 0 aliphatic rings. The number of thioether (sulfide) groups is 1. The van der Waals surface area contributed by atoms with Crippen molar-refractivity contribution in [1.82, 2.24) is 14.8 Å². The Morgan fingerprint density at radius 1 is 1.07 bits per heavy atom. The summed E-state index contributed by atoms with van der Waals surface area (Å²) in [4.78, 5) is 12.5. The van der Waals surface area contributed by atoms with Gasteiger partial charge in [-0.15, -0.1) is 10.2 Å². The topological polar surface area (TPSA) is 101 Å². The molecule has 2 aromatic carbocycles. The smallest absolute Gasteiger partial charge is 0.192 e. The van der Waals surface area contributed by atoms with Crippen molar-refractivity contribution in [1.29, 1.82) is 0 Å². The van der Waals surface area contributed by atoms with E-state index in [2.05, 4.69) is 10.2 Å². The lowest BCUT2D eigenvalue weighted by Crippen LogP contribution is -2.06. The summed E-state index contributed by atoms with van der Waals surface area (Å²) >= 11 is 7.22. The molecule has 2 aromatic heterocycles. The first-order chi connectivity index (χ1) is 14.5. The highest BCUT2D eigenvalue weighted by molar-refractivity contribution is 7.99. The maximum absolute atomic E-state index is 12.5. The van der Waals surface area contributed by atoms with Crippen LogP contribution in [0.1, 0.15) is 16.1 Å². The first-order valence-corrected chi connectivity index (χ1v) is 10.3. The van der Waals surface area contributed by atoms with Crippen LogP contribution in [0.3, 0.4) is 0 Å². The summed E-state index contributed by atoms with van der Waals surface area (Å²) in [5.74, 6) is 0.612. The SMILES string of the molecule is O=C(CSc1nnc(-c2ccc(Cl)cc2)n1Cc1ccco1)c1ccc(O)c(O)c1. The first-order valence-electron chi connectivity index (χ1n) is 8.91. The molecule has 0 saturated carbocycles. The van der Waals surface area contributed by atoms with E-state index in [4.69, 9.17) is 16.0 Å². The third-order valence-corrected chi connectivity index (χ3v) is 5.56. The van der Waals surface area contributed by atoms with Gasteiger partial charge in [0.1, 0.15) is 5.76 Å². The Bertz CT molecular complexity index is 1170. The number of hydrogen-bond acceptors (Lipinski definition) is 7. The van der Waals surface area contributed by atoms with Gasteiger partial charge in [0.05, 0.1) is 18.6 Å². The number of Topliss-reactive ketones (excluding diaryl/α,β-unsaturated/α-hetero) is 1. The van der Waals surface area contributed by atoms with Crippen molar-refractivity contribution in [3.05, 3.63) is 77.2 Å². The molecule has 2 N–H and O–H groups in total. The molecule has 0 fully saturated rings. The lowest BCUT2D eigenvalue weighted by molar-refractivity contribution is 0.102. The molecule has 0 atom stereocenters. The molecule has 4 aromatic rings. The number of nitrogens with zero attached hydrogens (tertiary/aromatic N) is 3. The number of phenolic OH excluding ortho intramolecular Hbond substituents is 2. The Kier molecular flexibility index (Phi) is 5.78. The lowest BCUT2D eigenvalue weighted by Gasteiger charge is -2.09. The van der Waals surface area contributed by atoms with E-state index in [1.54, 1.807) is 24.5 Å². The van der Waals surface area contributed by atoms with Crippen LogP contribution in [-0.2, 0) is 6.54 Å². The molecular formula is C21H16ClN3O4S. The third kappa shape index (κ3) is 4.34. The molecule has 7 nitrogen and oxygen atoms in total. The van der Waals surface area contributed by atoms with Gasteiger partial charge in [-0.1, -0.05) is 23.4 Å². The number of rotatable bonds is 7. The number of carbonyl (C=O) groups is 1. The van der Waals surface area contributed by atoms with E-state index >= 15 is 0 Å². The van der Waals surface area contributed by atoms with Gasteiger partial charge in [0.2, 0.25) is 0 Å². The summed E-state index contributed by atoms with van der Waals surface area (Å²) in [6, 6.07) is 14.9. The van der Waals surface area contributed by atoms with Gasteiger partial charge in [-0.2, -0.15) is 0 Å². The molecule has 0 aliphatic carbocycles. The second-order valence-electron chi connectivity index (χ2n) is 6.39. The number of benzene rings is 2. The van der Waals surface area contributed by atoms with Crippen molar-refractivity contribution in [2.24, 2.45) is 0 Å². The van der Waals surface area contributed by atoms with Crippen LogP contribution < -0.4 is 0 Å². The zero-order valence-corrected chi connectivity index (χ0v) is 17.1. The molecule has 30 heavy (non-hydrogen) atoms. The molecule has 0 amide bonds. The second kappa shape index (κ2) is 8.64. The summed E-state index contributed by atoms with van der Waals surface area (Å²) in [7, 11) is 0. The molecule has 0 unspecified atom stereocenters. The molecule has 0 radical (unpaired) electrons. The second-order valence-corrected chi connectivity index (χ2v) is 7.77. The van der Waals surface area contributed by atoms with Crippen molar-refractivity contribution in [3.8, 4) is 22.9 Å². The van der Waals surface area contributed by atoms with Gasteiger partial charge in [-0.05, 0) is 54.6 Å². The van der Waals surface area contributed by atoms with E-state index in [0.29, 0.717) is 28.1 Å². The molecule has 0 bridgehead atoms. The van der Waals surface area contributed by atoms with Gasteiger partial charge in [-0.3, -0.25) is 9.36 Å². The highest BCUT2D eigenvalue weighted by Gasteiger charge is 2.18.